The van der Waals surface area contributed by atoms with Crippen molar-refractivity contribution in [3.05, 3.63) is 52.0 Å². The SMILES string of the molecule is O=S(=O)(Nc1ccc(Cl)nc1)c1ccc(Br)cc1F. The molecule has 0 aliphatic rings. The van der Waals surface area contributed by atoms with Gasteiger partial charge in [0.15, 0.2) is 0 Å². The Morgan fingerprint density at radius 1 is 1.26 bits per heavy atom. The molecule has 0 unspecified atom stereocenters. The molecule has 0 spiro atoms. The molecule has 19 heavy (non-hydrogen) atoms. The molecule has 1 aromatic heterocycles. The van der Waals surface area contributed by atoms with E-state index in [4.69, 9.17) is 11.6 Å². The van der Waals surface area contributed by atoms with Gasteiger partial charge in [-0.2, -0.15) is 0 Å². The third-order valence-electron chi connectivity index (χ3n) is 2.16. The van der Waals surface area contributed by atoms with E-state index < -0.39 is 20.7 Å². The van der Waals surface area contributed by atoms with Gasteiger partial charge < -0.3 is 0 Å². The van der Waals surface area contributed by atoms with Crippen LogP contribution >= 0.6 is 27.5 Å². The second-order valence-electron chi connectivity index (χ2n) is 3.55. The molecule has 2 rings (SSSR count). The number of hydrogen-bond donors (Lipinski definition) is 1. The fraction of sp³-hybridized carbons (Fsp3) is 0. The number of sulfonamides is 1. The van der Waals surface area contributed by atoms with Gasteiger partial charge in [-0.1, -0.05) is 27.5 Å². The Labute approximate surface area is 122 Å². The van der Waals surface area contributed by atoms with Gasteiger partial charge >= 0.3 is 0 Å². The fourth-order valence-electron chi connectivity index (χ4n) is 1.34. The Kier molecular flexibility index (Phi) is 4.07. The summed E-state index contributed by atoms with van der Waals surface area (Å²) in [4.78, 5) is 3.29. The first kappa shape index (κ1) is 14.2. The zero-order valence-electron chi connectivity index (χ0n) is 9.27. The molecule has 100 valence electrons. The quantitative estimate of drug-likeness (QED) is 0.848. The van der Waals surface area contributed by atoms with Crippen LogP contribution in [0.4, 0.5) is 10.1 Å². The van der Waals surface area contributed by atoms with Crippen molar-refractivity contribution in [2.45, 2.75) is 4.90 Å². The third-order valence-corrected chi connectivity index (χ3v) is 4.29. The van der Waals surface area contributed by atoms with Crippen LogP contribution < -0.4 is 4.72 Å². The third kappa shape index (κ3) is 3.43. The molecule has 0 atom stereocenters. The van der Waals surface area contributed by atoms with E-state index in [1.165, 1.54) is 30.5 Å². The number of pyridine rings is 1. The Morgan fingerprint density at radius 2 is 2.00 bits per heavy atom. The minimum atomic E-state index is -4.00. The number of halogens is 3. The minimum absolute atomic E-state index is 0.201. The molecule has 1 aromatic carbocycles. The maximum absolute atomic E-state index is 13.6. The van der Waals surface area contributed by atoms with Crippen LogP contribution in [0.3, 0.4) is 0 Å². The molecular formula is C11H7BrClFN2O2S. The number of hydrogen-bond acceptors (Lipinski definition) is 3. The van der Waals surface area contributed by atoms with Gasteiger partial charge in [0, 0.05) is 4.47 Å². The van der Waals surface area contributed by atoms with Crippen molar-refractivity contribution in [3.63, 3.8) is 0 Å². The Hall–Kier alpha value is -1.18. The first-order chi connectivity index (χ1) is 8.88. The van der Waals surface area contributed by atoms with E-state index in [0.717, 1.165) is 6.07 Å². The van der Waals surface area contributed by atoms with Gasteiger partial charge in [0.2, 0.25) is 0 Å². The standard InChI is InChI=1S/C11H7BrClFN2O2S/c12-7-1-3-10(9(14)5-7)19(17,18)16-8-2-4-11(13)15-6-8/h1-6,16H. The predicted molar refractivity (Wildman–Crippen MR) is 74.2 cm³/mol. The van der Waals surface area contributed by atoms with Crippen LogP contribution in [-0.2, 0) is 10.0 Å². The van der Waals surface area contributed by atoms with Gasteiger partial charge in [-0.15, -0.1) is 0 Å². The molecule has 4 nitrogen and oxygen atoms in total. The largest absolute Gasteiger partial charge is 0.278 e. The lowest BCUT2D eigenvalue weighted by Crippen LogP contribution is -2.14. The van der Waals surface area contributed by atoms with Crippen LogP contribution in [0, 0.1) is 5.82 Å². The Morgan fingerprint density at radius 3 is 2.58 bits per heavy atom. The maximum Gasteiger partial charge on any atom is 0.264 e. The lowest BCUT2D eigenvalue weighted by molar-refractivity contribution is 0.570. The highest BCUT2D eigenvalue weighted by molar-refractivity contribution is 9.10. The summed E-state index contributed by atoms with van der Waals surface area (Å²) in [7, 11) is -4.00. The minimum Gasteiger partial charge on any atom is -0.278 e. The summed E-state index contributed by atoms with van der Waals surface area (Å²) >= 11 is 8.65. The van der Waals surface area contributed by atoms with Crippen molar-refractivity contribution < 1.29 is 12.8 Å². The number of anilines is 1. The highest BCUT2D eigenvalue weighted by Gasteiger charge is 2.19. The number of nitrogens with zero attached hydrogens (tertiary/aromatic N) is 1. The molecule has 1 N–H and O–H groups in total. The first-order valence-electron chi connectivity index (χ1n) is 4.98. The van der Waals surface area contributed by atoms with Crippen molar-refractivity contribution in [2.75, 3.05) is 4.72 Å². The molecule has 0 bridgehead atoms. The molecule has 0 radical (unpaired) electrons. The smallest absolute Gasteiger partial charge is 0.264 e. The van der Waals surface area contributed by atoms with Gasteiger partial charge in [-0.3, -0.25) is 4.72 Å². The second kappa shape index (κ2) is 5.44. The van der Waals surface area contributed by atoms with Crippen LogP contribution in [0.25, 0.3) is 0 Å². The molecule has 8 heteroatoms. The molecule has 0 amide bonds. The molecule has 0 aliphatic carbocycles. The molecule has 0 aliphatic heterocycles. The van der Waals surface area contributed by atoms with Crippen LogP contribution in [0.5, 0.6) is 0 Å². The number of aromatic nitrogens is 1. The van der Waals surface area contributed by atoms with E-state index >= 15 is 0 Å². The normalized spacial score (nSPS) is 11.3. The number of rotatable bonds is 3. The van der Waals surface area contributed by atoms with E-state index in [2.05, 4.69) is 25.6 Å². The van der Waals surface area contributed by atoms with Gasteiger partial charge in [0.05, 0.1) is 11.9 Å². The maximum atomic E-state index is 13.6. The van der Waals surface area contributed by atoms with E-state index in [0.29, 0.717) is 4.47 Å². The van der Waals surface area contributed by atoms with Crippen LogP contribution in [-0.4, -0.2) is 13.4 Å². The molecule has 2 aromatic rings. The monoisotopic (exact) mass is 364 g/mol. The zero-order valence-corrected chi connectivity index (χ0v) is 12.4. The summed E-state index contributed by atoms with van der Waals surface area (Å²) < 4.78 is 40.3. The van der Waals surface area contributed by atoms with E-state index in [9.17, 15) is 12.8 Å². The van der Waals surface area contributed by atoms with Crippen LogP contribution in [0.15, 0.2) is 45.9 Å². The molecular weight excluding hydrogens is 359 g/mol. The average Bonchev–Trinajstić information content (AvgIpc) is 2.31. The zero-order chi connectivity index (χ0) is 14.0. The second-order valence-corrected chi connectivity index (χ2v) is 6.50. The molecule has 0 fully saturated rings. The van der Waals surface area contributed by atoms with Gasteiger partial charge in [0.1, 0.15) is 15.9 Å². The van der Waals surface area contributed by atoms with Crippen molar-refractivity contribution >= 4 is 43.2 Å². The van der Waals surface area contributed by atoms with Crippen molar-refractivity contribution in [1.82, 2.24) is 4.98 Å². The van der Waals surface area contributed by atoms with Crippen molar-refractivity contribution in [3.8, 4) is 0 Å². The number of nitrogens with one attached hydrogen (secondary N) is 1. The topological polar surface area (TPSA) is 59.1 Å². The summed E-state index contributed by atoms with van der Waals surface area (Å²) in [6, 6.07) is 6.55. The summed E-state index contributed by atoms with van der Waals surface area (Å²) in [5, 5.41) is 0.234. The van der Waals surface area contributed by atoms with Gasteiger partial charge in [-0.25, -0.2) is 17.8 Å². The summed E-state index contributed by atoms with van der Waals surface area (Å²) in [6.45, 7) is 0. The highest BCUT2D eigenvalue weighted by atomic mass is 79.9. The Bertz CT molecular complexity index is 707. The van der Waals surface area contributed by atoms with E-state index in [1.807, 2.05) is 0 Å². The van der Waals surface area contributed by atoms with Crippen LogP contribution in [0.2, 0.25) is 5.15 Å². The van der Waals surface area contributed by atoms with Crippen molar-refractivity contribution in [1.29, 1.82) is 0 Å². The average molecular weight is 366 g/mol. The lowest BCUT2D eigenvalue weighted by Gasteiger charge is -2.08. The molecule has 0 saturated heterocycles. The lowest BCUT2D eigenvalue weighted by atomic mass is 10.3. The van der Waals surface area contributed by atoms with Crippen LogP contribution in [0.1, 0.15) is 0 Å². The first-order valence-corrected chi connectivity index (χ1v) is 7.63. The van der Waals surface area contributed by atoms with E-state index in [-0.39, 0.29) is 10.8 Å². The summed E-state index contributed by atoms with van der Waals surface area (Å²) in [5.74, 6) is -0.844. The number of benzene rings is 1. The Balaban J connectivity index is 2.35. The van der Waals surface area contributed by atoms with Gasteiger partial charge in [0.25, 0.3) is 10.0 Å². The van der Waals surface area contributed by atoms with Gasteiger partial charge in [-0.05, 0) is 30.3 Å². The summed E-state index contributed by atoms with van der Waals surface area (Å²) in [6.07, 6.45) is 1.25. The predicted octanol–water partition coefficient (Wildman–Crippen LogP) is 3.44. The van der Waals surface area contributed by atoms with Crippen molar-refractivity contribution in [2.24, 2.45) is 0 Å². The summed E-state index contributed by atoms with van der Waals surface area (Å²) in [5.41, 5.74) is 0.201. The molecule has 0 saturated carbocycles. The highest BCUT2D eigenvalue weighted by Crippen LogP contribution is 2.22. The van der Waals surface area contributed by atoms with E-state index in [1.54, 1.807) is 0 Å². The molecule has 1 heterocycles. The fourth-order valence-corrected chi connectivity index (χ4v) is 2.89.